The molecule has 0 aliphatic carbocycles. The van der Waals surface area contributed by atoms with Crippen molar-refractivity contribution in [3.05, 3.63) is 23.8 Å². The number of nitrogens with one attached hydrogen (secondary N) is 1. The topological polar surface area (TPSA) is 67.6 Å². The van der Waals surface area contributed by atoms with E-state index in [0.29, 0.717) is 17.0 Å². The SMILES string of the molecule is COc1ccc(C(=O)NN2CCCCC2)cc1N. The Morgan fingerprint density at radius 2 is 2.06 bits per heavy atom. The number of hydrazine groups is 1. The molecule has 2 rings (SSSR count). The second-order valence-corrected chi connectivity index (χ2v) is 4.45. The maximum atomic E-state index is 12.0. The van der Waals surface area contributed by atoms with Crippen molar-refractivity contribution in [3.63, 3.8) is 0 Å². The lowest BCUT2D eigenvalue weighted by atomic mass is 10.1. The second kappa shape index (κ2) is 5.73. The van der Waals surface area contributed by atoms with Crippen LogP contribution in [0.1, 0.15) is 29.6 Å². The van der Waals surface area contributed by atoms with Crippen molar-refractivity contribution in [1.82, 2.24) is 10.4 Å². The van der Waals surface area contributed by atoms with Crippen LogP contribution in [0.3, 0.4) is 0 Å². The Morgan fingerprint density at radius 3 is 2.67 bits per heavy atom. The molecule has 0 unspecified atom stereocenters. The standard InChI is InChI=1S/C13H19N3O2/c1-18-12-6-5-10(9-11(12)14)13(17)15-16-7-3-2-4-8-16/h5-6,9H,2-4,7-8,14H2,1H3,(H,15,17). The number of nitrogens with two attached hydrogens (primary N) is 1. The van der Waals surface area contributed by atoms with Crippen LogP contribution in [0.4, 0.5) is 5.69 Å². The molecule has 18 heavy (non-hydrogen) atoms. The highest BCUT2D eigenvalue weighted by Gasteiger charge is 2.14. The Hall–Kier alpha value is -1.75. The average molecular weight is 249 g/mol. The van der Waals surface area contributed by atoms with Crippen molar-refractivity contribution >= 4 is 11.6 Å². The predicted molar refractivity (Wildman–Crippen MR) is 70.3 cm³/mol. The number of anilines is 1. The Labute approximate surface area is 107 Å². The first-order valence-electron chi connectivity index (χ1n) is 6.20. The zero-order chi connectivity index (χ0) is 13.0. The van der Waals surface area contributed by atoms with Crippen molar-refractivity contribution in [3.8, 4) is 5.75 Å². The molecule has 0 saturated carbocycles. The highest BCUT2D eigenvalue weighted by atomic mass is 16.5. The lowest BCUT2D eigenvalue weighted by Crippen LogP contribution is -2.45. The fourth-order valence-electron chi connectivity index (χ4n) is 2.09. The van der Waals surface area contributed by atoms with E-state index in [4.69, 9.17) is 10.5 Å². The van der Waals surface area contributed by atoms with Gasteiger partial charge in [0.1, 0.15) is 5.75 Å². The van der Waals surface area contributed by atoms with Gasteiger partial charge in [-0.05, 0) is 31.0 Å². The van der Waals surface area contributed by atoms with E-state index in [0.717, 1.165) is 25.9 Å². The van der Waals surface area contributed by atoms with Gasteiger partial charge < -0.3 is 10.5 Å². The first-order valence-corrected chi connectivity index (χ1v) is 6.20. The minimum atomic E-state index is -0.119. The van der Waals surface area contributed by atoms with Crippen molar-refractivity contribution in [2.24, 2.45) is 0 Å². The number of methoxy groups -OCH3 is 1. The monoisotopic (exact) mass is 249 g/mol. The molecule has 0 aromatic heterocycles. The fourth-order valence-corrected chi connectivity index (χ4v) is 2.09. The van der Waals surface area contributed by atoms with Crippen molar-refractivity contribution in [2.75, 3.05) is 25.9 Å². The van der Waals surface area contributed by atoms with Crippen LogP contribution in [0.5, 0.6) is 5.75 Å². The van der Waals surface area contributed by atoms with E-state index in [1.165, 1.54) is 6.42 Å². The molecule has 98 valence electrons. The molecule has 0 spiro atoms. The molecule has 0 radical (unpaired) electrons. The average Bonchev–Trinajstić information content (AvgIpc) is 2.39. The number of nitrogen functional groups attached to an aromatic ring is 1. The van der Waals surface area contributed by atoms with E-state index in [-0.39, 0.29) is 5.91 Å². The molecule has 0 atom stereocenters. The molecular weight excluding hydrogens is 230 g/mol. The summed E-state index contributed by atoms with van der Waals surface area (Å²) >= 11 is 0. The normalized spacial score (nSPS) is 16.3. The van der Waals surface area contributed by atoms with Gasteiger partial charge in [-0.25, -0.2) is 5.01 Å². The van der Waals surface area contributed by atoms with Gasteiger partial charge in [-0.15, -0.1) is 0 Å². The number of rotatable bonds is 3. The zero-order valence-corrected chi connectivity index (χ0v) is 10.6. The molecule has 1 saturated heterocycles. The molecule has 1 aliphatic rings. The van der Waals surface area contributed by atoms with Gasteiger partial charge in [0.25, 0.3) is 5.91 Å². The Kier molecular flexibility index (Phi) is 4.04. The third-order valence-corrected chi connectivity index (χ3v) is 3.11. The lowest BCUT2D eigenvalue weighted by Gasteiger charge is -2.26. The first kappa shape index (κ1) is 12.7. The summed E-state index contributed by atoms with van der Waals surface area (Å²) in [4.78, 5) is 12.0. The molecule has 1 aromatic carbocycles. The van der Waals surface area contributed by atoms with E-state index in [1.54, 1.807) is 25.3 Å². The van der Waals surface area contributed by atoms with Crippen LogP contribution >= 0.6 is 0 Å². The van der Waals surface area contributed by atoms with Gasteiger partial charge >= 0.3 is 0 Å². The van der Waals surface area contributed by atoms with Crippen molar-refractivity contribution in [1.29, 1.82) is 0 Å². The van der Waals surface area contributed by atoms with Crippen LogP contribution < -0.4 is 15.9 Å². The summed E-state index contributed by atoms with van der Waals surface area (Å²) < 4.78 is 5.06. The van der Waals surface area contributed by atoms with Gasteiger partial charge in [-0.3, -0.25) is 10.2 Å². The molecule has 5 nitrogen and oxygen atoms in total. The van der Waals surface area contributed by atoms with Crippen LogP contribution in [0.25, 0.3) is 0 Å². The quantitative estimate of drug-likeness (QED) is 0.795. The summed E-state index contributed by atoms with van der Waals surface area (Å²) in [6.07, 6.45) is 3.50. The molecule has 1 aromatic rings. The Morgan fingerprint density at radius 1 is 1.33 bits per heavy atom. The lowest BCUT2D eigenvalue weighted by molar-refractivity contribution is 0.0750. The number of ether oxygens (including phenoxy) is 1. The van der Waals surface area contributed by atoms with Crippen LogP contribution in [-0.2, 0) is 0 Å². The molecule has 5 heteroatoms. The minimum Gasteiger partial charge on any atom is -0.495 e. The summed E-state index contributed by atoms with van der Waals surface area (Å²) in [6, 6.07) is 5.06. The van der Waals surface area contributed by atoms with E-state index >= 15 is 0 Å². The minimum absolute atomic E-state index is 0.119. The van der Waals surface area contributed by atoms with Gasteiger partial charge in [0.2, 0.25) is 0 Å². The Balaban J connectivity index is 2.01. The van der Waals surface area contributed by atoms with Crippen LogP contribution in [0, 0.1) is 0 Å². The largest absolute Gasteiger partial charge is 0.495 e. The number of nitrogens with zero attached hydrogens (tertiary/aromatic N) is 1. The summed E-state index contributed by atoms with van der Waals surface area (Å²) in [7, 11) is 1.55. The van der Waals surface area contributed by atoms with Crippen molar-refractivity contribution in [2.45, 2.75) is 19.3 Å². The number of carbonyl (C=O) groups excluding carboxylic acids is 1. The molecular formula is C13H19N3O2. The highest BCUT2D eigenvalue weighted by Crippen LogP contribution is 2.21. The second-order valence-electron chi connectivity index (χ2n) is 4.45. The molecule has 1 aliphatic heterocycles. The molecule has 3 N–H and O–H groups in total. The van der Waals surface area contributed by atoms with Crippen LogP contribution in [0.2, 0.25) is 0 Å². The molecule has 1 heterocycles. The number of benzene rings is 1. The third kappa shape index (κ3) is 2.92. The van der Waals surface area contributed by atoms with Crippen molar-refractivity contribution < 1.29 is 9.53 Å². The van der Waals surface area contributed by atoms with E-state index in [1.807, 2.05) is 5.01 Å². The Bertz CT molecular complexity index is 428. The fraction of sp³-hybridized carbons (Fsp3) is 0.462. The summed E-state index contributed by atoms with van der Waals surface area (Å²) in [5.74, 6) is 0.468. The number of amides is 1. The van der Waals surface area contributed by atoms with Crippen LogP contribution in [-0.4, -0.2) is 31.1 Å². The number of hydrogen-bond acceptors (Lipinski definition) is 4. The molecule has 1 fully saturated rings. The maximum absolute atomic E-state index is 12.0. The van der Waals surface area contributed by atoms with Gasteiger partial charge in [0.05, 0.1) is 12.8 Å². The van der Waals surface area contributed by atoms with E-state index < -0.39 is 0 Å². The van der Waals surface area contributed by atoms with Gasteiger partial charge in [0.15, 0.2) is 0 Å². The van der Waals surface area contributed by atoms with Gasteiger partial charge in [-0.2, -0.15) is 0 Å². The summed E-state index contributed by atoms with van der Waals surface area (Å²) in [5.41, 5.74) is 9.71. The first-order chi connectivity index (χ1) is 8.70. The van der Waals surface area contributed by atoms with E-state index in [9.17, 15) is 4.79 Å². The number of hydrogen-bond donors (Lipinski definition) is 2. The van der Waals surface area contributed by atoms with Gasteiger partial charge in [0, 0.05) is 18.7 Å². The van der Waals surface area contributed by atoms with E-state index in [2.05, 4.69) is 5.43 Å². The maximum Gasteiger partial charge on any atom is 0.265 e. The highest BCUT2D eigenvalue weighted by molar-refractivity contribution is 5.95. The summed E-state index contributed by atoms with van der Waals surface area (Å²) in [6.45, 7) is 1.83. The van der Waals surface area contributed by atoms with Gasteiger partial charge in [-0.1, -0.05) is 6.42 Å². The number of piperidine rings is 1. The molecule has 0 bridgehead atoms. The zero-order valence-electron chi connectivity index (χ0n) is 10.6. The predicted octanol–water partition coefficient (Wildman–Crippen LogP) is 1.41. The summed E-state index contributed by atoms with van der Waals surface area (Å²) in [5, 5.41) is 1.96. The van der Waals surface area contributed by atoms with Crippen LogP contribution in [0.15, 0.2) is 18.2 Å². The third-order valence-electron chi connectivity index (χ3n) is 3.11. The molecule has 1 amide bonds. The number of carbonyl (C=O) groups is 1. The smallest absolute Gasteiger partial charge is 0.265 e.